The highest BCUT2D eigenvalue weighted by Crippen LogP contribution is 2.17. The minimum atomic E-state index is 0.345. The van der Waals surface area contributed by atoms with E-state index in [1.165, 1.54) is 5.52 Å². The van der Waals surface area contributed by atoms with Gasteiger partial charge in [-0.15, -0.1) is 0 Å². The summed E-state index contributed by atoms with van der Waals surface area (Å²) in [5.41, 5.74) is 2.23. The molecule has 0 radical (unpaired) electrons. The normalized spacial score (nSPS) is 11.0. The minimum Gasteiger partial charge on any atom is -0.328 e. The number of fused-ring (bicyclic) bond motifs is 1. The summed E-state index contributed by atoms with van der Waals surface area (Å²) in [6.07, 6.45) is 3.15. The van der Waals surface area contributed by atoms with Crippen molar-refractivity contribution in [1.82, 2.24) is 9.55 Å². The summed E-state index contributed by atoms with van der Waals surface area (Å²) >= 11 is 0. The fourth-order valence-corrected chi connectivity index (χ4v) is 2.26. The summed E-state index contributed by atoms with van der Waals surface area (Å²) in [5.74, 6) is 1.46. The molecule has 3 heteroatoms. The molecule has 0 aliphatic carbocycles. The fraction of sp³-hybridized carbons (Fsp3) is 0.467. The Hall–Kier alpha value is -1.64. The number of carbonyl (C=O) groups is 1. The number of hydrogen-bond donors (Lipinski definition) is 0. The predicted octanol–water partition coefficient (Wildman–Crippen LogP) is 3.36. The Balaban J connectivity index is 2.18. The first-order valence-corrected chi connectivity index (χ1v) is 6.72. The summed E-state index contributed by atoms with van der Waals surface area (Å²) in [5, 5.41) is 0. The van der Waals surface area contributed by atoms with Gasteiger partial charge in [0.1, 0.15) is 11.6 Å². The van der Waals surface area contributed by atoms with Crippen LogP contribution in [0, 0.1) is 0 Å². The molecule has 18 heavy (non-hydrogen) atoms. The number of para-hydroxylation sites is 2. The average molecular weight is 244 g/mol. The molecule has 0 aliphatic rings. The number of carbonyl (C=O) groups excluding carboxylic acids is 1. The molecule has 96 valence electrons. The average Bonchev–Trinajstić information content (AvgIpc) is 2.77. The van der Waals surface area contributed by atoms with Gasteiger partial charge >= 0.3 is 0 Å². The van der Waals surface area contributed by atoms with E-state index in [0.717, 1.165) is 30.7 Å². The smallest absolute Gasteiger partial charge is 0.132 e. The van der Waals surface area contributed by atoms with Crippen LogP contribution in [0.4, 0.5) is 0 Å². The summed E-state index contributed by atoms with van der Waals surface area (Å²) < 4.78 is 2.25. The van der Waals surface area contributed by atoms with Gasteiger partial charge in [0, 0.05) is 25.8 Å². The third-order valence-corrected chi connectivity index (χ3v) is 3.28. The lowest BCUT2D eigenvalue weighted by atomic mass is 10.2. The standard InChI is InChI=1S/C15H20N2O/c1-3-12(18)8-7-11-17-14-10-6-5-9-13(14)16-15(17)4-2/h5-6,9-10H,3-4,7-8,11H2,1-2H3. The van der Waals surface area contributed by atoms with Gasteiger partial charge in [-0.1, -0.05) is 26.0 Å². The lowest BCUT2D eigenvalue weighted by Gasteiger charge is -2.07. The van der Waals surface area contributed by atoms with Gasteiger partial charge in [0.25, 0.3) is 0 Å². The molecule has 1 aromatic carbocycles. The van der Waals surface area contributed by atoms with E-state index < -0.39 is 0 Å². The van der Waals surface area contributed by atoms with Gasteiger partial charge in [0.15, 0.2) is 0 Å². The molecule has 2 rings (SSSR count). The lowest BCUT2D eigenvalue weighted by Crippen LogP contribution is -2.05. The number of hydrogen-bond acceptors (Lipinski definition) is 2. The first-order chi connectivity index (χ1) is 8.76. The quantitative estimate of drug-likeness (QED) is 0.781. The Morgan fingerprint density at radius 1 is 1.28 bits per heavy atom. The Morgan fingerprint density at radius 3 is 2.78 bits per heavy atom. The zero-order chi connectivity index (χ0) is 13.0. The van der Waals surface area contributed by atoms with Gasteiger partial charge in [-0.3, -0.25) is 4.79 Å². The SMILES string of the molecule is CCC(=O)CCCn1c(CC)nc2ccccc21. The van der Waals surface area contributed by atoms with Crippen LogP contribution in [0.2, 0.25) is 0 Å². The van der Waals surface area contributed by atoms with Gasteiger partial charge in [-0.2, -0.15) is 0 Å². The van der Waals surface area contributed by atoms with Crippen molar-refractivity contribution in [3.05, 3.63) is 30.1 Å². The Labute approximate surface area is 108 Å². The van der Waals surface area contributed by atoms with Crippen LogP contribution in [-0.4, -0.2) is 15.3 Å². The maximum absolute atomic E-state index is 11.3. The molecule has 0 N–H and O–H groups in total. The number of rotatable bonds is 6. The molecule has 3 nitrogen and oxygen atoms in total. The first-order valence-electron chi connectivity index (χ1n) is 6.72. The first kappa shape index (κ1) is 12.8. The van der Waals surface area contributed by atoms with Crippen LogP contribution in [-0.2, 0) is 17.8 Å². The molecular formula is C15H20N2O. The molecule has 0 aliphatic heterocycles. The summed E-state index contributed by atoms with van der Waals surface area (Å²) in [6, 6.07) is 8.20. The van der Waals surface area contributed by atoms with Crippen LogP contribution >= 0.6 is 0 Å². The van der Waals surface area contributed by atoms with E-state index in [2.05, 4.69) is 22.5 Å². The topological polar surface area (TPSA) is 34.9 Å². The highest BCUT2D eigenvalue weighted by molar-refractivity contribution is 5.78. The molecule has 0 atom stereocenters. The molecule has 1 aromatic heterocycles. The largest absolute Gasteiger partial charge is 0.328 e. The van der Waals surface area contributed by atoms with Gasteiger partial charge in [0.2, 0.25) is 0 Å². The Bertz CT molecular complexity index is 542. The second-order valence-corrected chi connectivity index (χ2v) is 4.52. The molecule has 1 heterocycles. The van der Waals surface area contributed by atoms with Crippen molar-refractivity contribution in [3.8, 4) is 0 Å². The monoisotopic (exact) mass is 244 g/mol. The molecule has 0 spiro atoms. The minimum absolute atomic E-state index is 0.345. The molecule has 0 unspecified atom stereocenters. The fourth-order valence-electron chi connectivity index (χ4n) is 2.26. The molecular weight excluding hydrogens is 224 g/mol. The van der Waals surface area contributed by atoms with Crippen LogP contribution in [0.5, 0.6) is 0 Å². The number of aromatic nitrogens is 2. The second kappa shape index (κ2) is 5.80. The van der Waals surface area contributed by atoms with Crippen molar-refractivity contribution in [2.24, 2.45) is 0 Å². The zero-order valence-corrected chi connectivity index (χ0v) is 11.1. The zero-order valence-electron chi connectivity index (χ0n) is 11.1. The highest BCUT2D eigenvalue weighted by atomic mass is 16.1. The summed E-state index contributed by atoms with van der Waals surface area (Å²) in [4.78, 5) is 16.0. The van der Waals surface area contributed by atoms with Crippen molar-refractivity contribution < 1.29 is 4.79 Å². The van der Waals surface area contributed by atoms with Crippen LogP contribution < -0.4 is 0 Å². The summed E-state index contributed by atoms with van der Waals surface area (Å²) in [7, 11) is 0. The van der Waals surface area contributed by atoms with Crippen LogP contribution in [0.15, 0.2) is 24.3 Å². The van der Waals surface area contributed by atoms with E-state index in [1.54, 1.807) is 0 Å². The lowest BCUT2D eigenvalue weighted by molar-refractivity contribution is -0.118. The van der Waals surface area contributed by atoms with Crippen molar-refractivity contribution in [1.29, 1.82) is 0 Å². The van der Waals surface area contributed by atoms with E-state index in [1.807, 2.05) is 25.1 Å². The van der Waals surface area contributed by atoms with Crippen molar-refractivity contribution in [3.63, 3.8) is 0 Å². The number of nitrogens with zero attached hydrogens (tertiary/aromatic N) is 2. The number of imidazole rings is 1. The van der Waals surface area contributed by atoms with Crippen molar-refractivity contribution >= 4 is 16.8 Å². The van der Waals surface area contributed by atoms with E-state index in [0.29, 0.717) is 18.6 Å². The van der Waals surface area contributed by atoms with E-state index >= 15 is 0 Å². The number of aryl methyl sites for hydroxylation is 2. The number of benzene rings is 1. The van der Waals surface area contributed by atoms with Gasteiger partial charge in [-0.05, 0) is 18.6 Å². The third kappa shape index (κ3) is 2.61. The molecule has 0 saturated carbocycles. The Kier molecular flexibility index (Phi) is 4.13. The molecule has 0 fully saturated rings. The maximum atomic E-state index is 11.3. The van der Waals surface area contributed by atoms with E-state index in [9.17, 15) is 4.79 Å². The second-order valence-electron chi connectivity index (χ2n) is 4.52. The number of ketones is 1. The van der Waals surface area contributed by atoms with Gasteiger partial charge in [-0.25, -0.2) is 4.98 Å². The van der Waals surface area contributed by atoms with Gasteiger partial charge < -0.3 is 4.57 Å². The molecule has 0 amide bonds. The van der Waals surface area contributed by atoms with Crippen LogP contribution in [0.1, 0.15) is 38.9 Å². The third-order valence-electron chi connectivity index (χ3n) is 3.28. The van der Waals surface area contributed by atoms with Crippen LogP contribution in [0.3, 0.4) is 0 Å². The van der Waals surface area contributed by atoms with Crippen molar-refractivity contribution in [2.45, 2.75) is 46.1 Å². The van der Waals surface area contributed by atoms with Crippen LogP contribution in [0.25, 0.3) is 11.0 Å². The predicted molar refractivity (Wildman–Crippen MR) is 73.6 cm³/mol. The van der Waals surface area contributed by atoms with Crippen molar-refractivity contribution in [2.75, 3.05) is 0 Å². The van der Waals surface area contributed by atoms with E-state index in [4.69, 9.17) is 0 Å². The molecule has 0 saturated heterocycles. The Morgan fingerprint density at radius 2 is 2.06 bits per heavy atom. The maximum Gasteiger partial charge on any atom is 0.132 e. The van der Waals surface area contributed by atoms with E-state index in [-0.39, 0.29) is 0 Å². The molecule has 0 bridgehead atoms. The molecule has 2 aromatic rings. The number of Topliss-reactive ketones (excluding diaryl/α,β-unsaturated/α-hetero) is 1. The summed E-state index contributed by atoms with van der Waals surface area (Å²) in [6.45, 7) is 4.93. The van der Waals surface area contributed by atoms with Gasteiger partial charge in [0.05, 0.1) is 11.0 Å². The highest BCUT2D eigenvalue weighted by Gasteiger charge is 2.08.